The van der Waals surface area contributed by atoms with Crippen LogP contribution in [0.25, 0.3) is 0 Å². The van der Waals surface area contributed by atoms with Crippen molar-refractivity contribution in [1.29, 1.82) is 0 Å². The Morgan fingerprint density at radius 2 is 0.886 bits per heavy atom. The predicted molar refractivity (Wildman–Crippen MR) is 131 cm³/mol. The van der Waals surface area contributed by atoms with E-state index in [0.29, 0.717) is 32.3 Å². The van der Waals surface area contributed by atoms with Gasteiger partial charge >= 0.3 is 16.5 Å². The topological polar surface area (TPSA) is 24.7 Å². The summed E-state index contributed by atoms with van der Waals surface area (Å²) in [6.07, 6.45) is 2.90. The first kappa shape index (κ1) is 28.1. The van der Waals surface area contributed by atoms with Gasteiger partial charge in [-0.25, -0.2) is 17.6 Å². The Bertz CT molecular complexity index is 1240. The Morgan fingerprint density at radius 3 is 1.23 bits per heavy atom. The molecule has 0 saturated carbocycles. The number of para-hydroxylation sites is 2. The fourth-order valence-corrected chi connectivity index (χ4v) is 3.00. The van der Waals surface area contributed by atoms with E-state index in [4.69, 9.17) is 25.3 Å². The molecule has 4 aromatic carbocycles. The molecule has 4 rings (SSSR count). The molecule has 2 nitrogen and oxygen atoms in total. The zero-order chi connectivity index (χ0) is 24.5. The average molecular weight is 555 g/mol. The largest absolute Gasteiger partial charge is 2.00 e. The van der Waals surface area contributed by atoms with Gasteiger partial charge in [0.05, 0.1) is 0 Å². The van der Waals surface area contributed by atoms with Gasteiger partial charge in [0.25, 0.3) is 0 Å². The van der Waals surface area contributed by atoms with Crippen LogP contribution in [0.1, 0.15) is 11.1 Å². The predicted octanol–water partition coefficient (Wildman–Crippen LogP) is 7.24. The van der Waals surface area contributed by atoms with Crippen LogP contribution in [0, 0.1) is 23.3 Å². The Labute approximate surface area is 221 Å². The molecule has 0 heterocycles. The average Bonchev–Trinajstić information content (AvgIpc) is 2.83. The number of hydrogen-bond donors (Lipinski definition) is 0. The van der Waals surface area contributed by atoms with E-state index < -0.39 is 23.3 Å². The molecule has 9 heteroatoms. The van der Waals surface area contributed by atoms with E-state index in [1.165, 1.54) is 24.6 Å². The Morgan fingerprint density at radius 1 is 0.514 bits per heavy atom. The van der Waals surface area contributed by atoms with Crippen molar-refractivity contribution in [2.24, 2.45) is 9.98 Å². The Hall–Kier alpha value is -3.13. The van der Waals surface area contributed by atoms with Gasteiger partial charge in [-0.15, -0.1) is 9.79 Å². The molecule has 180 valence electrons. The van der Waals surface area contributed by atoms with E-state index in [-0.39, 0.29) is 16.5 Å². The quantitative estimate of drug-likeness (QED) is 0.115. The SMILES string of the molecule is Fc1ccc(C=Nc2ccccc2[S-])cc1F.Fc1ccc(C=Nc2ccccc2[S-])cc1F.[Ni+2]. The number of halogens is 4. The van der Waals surface area contributed by atoms with E-state index in [1.807, 2.05) is 24.3 Å². The van der Waals surface area contributed by atoms with Gasteiger partial charge in [0.2, 0.25) is 0 Å². The van der Waals surface area contributed by atoms with Gasteiger partial charge in [0.15, 0.2) is 23.3 Å². The minimum absolute atomic E-state index is 0. The summed E-state index contributed by atoms with van der Waals surface area (Å²) in [6.45, 7) is 0. The molecule has 35 heavy (non-hydrogen) atoms. The van der Waals surface area contributed by atoms with Crippen LogP contribution in [0.15, 0.2) is 105 Å². The molecule has 0 atom stereocenters. The molecular weight excluding hydrogens is 539 g/mol. The summed E-state index contributed by atoms with van der Waals surface area (Å²) in [5.41, 5.74) is 2.24. The van der Waals surface area contributed by atoms with Gasteiger partial charge in [-0.2, -0.15) is 0 Å². The number of aliphatic imine (C=N–C) groups is 2. The summed E-state index contributed by atoms with van der Waals surface area (Å²) in [6, 6.07) is 21.5. The van der Waals surface area contributed by atoms with E-state index in [0.717, 1.165) is 24.3 Å². The van der Waals surface area contributed by atoms with Crippen LogP contribution in [0.4, 0.5) is 28.9 Å². The molecular formula is C26H16F4N2NiS2. The van der Waals surface area contributed by atoms with Crippen molar-refractivity contribution in [3.8, 4) is 0 Å². The minimum Gasteiger partial charge on any atom is -0.778 e. The number of nitrogens with zero attached hydrogens (tertiary/aromatic N) is 2. The van der Waals surface area contributed by atoms with Crippen LogP contribution in [0.2, 0.25) is 0 Å². The van der Waals surface area contributed by atoms with Crippen molar-refractivity contribution in [3.63, 3.8) is 0 Å². The van der Waals surface area contributed by atoms with Crippen LogP contribution in [0.3, 0.4) is 0 Å². The Kier molecular flexibility index (Phi) is 11.0. The third-order valence-corrected chi connectivity index (χ3v) is 5.01. The Balaban J connectivity index is 0.000000240. The number of rotatable bonds is 4. The summed E-state index contributed by atoms with van der Waals surface area (Å²) < 4.78 is 51.2. The maximum Gasteiger partial charge on any atom is 2.00 e. The van der Waals surface area contributed by atoms with Crippen LogP contribution in [-0.4, -0.2) is 12.4 Å². The van der Waals surface area contributed by atoms with Crippen molar-refractivity contribution in [2.45, 2.75) is 9.79 Å². The van der Waals surface area contributed by atoms with E-state index in [2.05, 4.69) is 9.98 Å². The molecule has 0 aliphatic carbocycles. The summed E-state index contributed by atoms with van der Waals surface area (Å²) in [5.74, 6) is -3.52. The molecule has 0 radical (unpaired) electrons. The van der Waals surface area contributed by atoms with Gasteiger partial charge in [-0.05, 0) is 47.5 Å². The second kappa shape index (κ2) is 13.7. The molecule has 0 aliphatic rings. The molecule has 0 aromatic heterocycles. The summed E-state index contributed by atoms with van der Waals surface area (Å²) in [5, 5.41) is 0. The number of hydrogen-bond acceptors (Lipinski definition) is 4. The van der Waals surface area contributed by atoms with E-state index in [1.54, 1.807) is 24.3 Å². The minimum atomic E-state index is -0.888. The van der Waals surface area contributed by atoms with Crippen LogP contribution in [0.5, 0.6) is 0 Å². The first-order valence-corrected chi connectivity index (χ1v) is 10.7. The molecule has 0 amide bonds. The molecule has 0 aliphatic heterocycles. The molecule has 0 bridgehead atoms. The van der Waals surface area contributed by atoms with Gasteiger partial charge in [0, 0.05) is 23.8 Å². The molecule has 0 fully saturated rings. The maximum atomic E-state index is 12.9. The van der Waals surface area contributed by atoms with Gasteiger partial charge in [0.1, 0.15) is 0 Å². The zero-order valence-corrected chi connectivity index (χ0v) is 20.4. The smallest absolute Gasteiger partial charge is 0.778 e. The second-order valence-electron chi connectivity index (χ2n) is 6.80. The van der Waals surface area contributed by atoms with E-state index >= 15 is 0 Å². The molecule has 0 spiro atoms. The maximum absolute atomic E-state index is 12.9. The molecule has 0 N–H and O–H groups in total. The van der Waals surface area contributed by atoms with Crippen LogP contribution >= 0.6 is 0 Å². The molecule has 0 saturated heterocycles. The standard InChI is InChI=1S/2C13H9F2NS.Ni/c2*14-10-6-5-9(7-11(10)15)8-16-12-3-1-2-4-13(12)17;/h2*1-8,17H;/q;;+2/p-2. The summed E-state index contributed by atoms with van der Waals surface area (Å²) >= 11 is 10.1. The fourth-order valence-electron chi connectivity index (χ4n) is 2.60. The van der Waals surface area contributed by atoms with Crippen molar-refractivity contribution >= 4 is 49.1 Å². The zero-order valence-electron chi connectivity index (χ0n) is 17.8. The molecule has 4 aromatic rings. The van der Waals surface area contributed by atoms with Gasteiger partial charge < -0.3 is 25.3 Å². The summed E-state index contributed by atoms with van der Waals surface area (Å²) in [4.78, 5) is 9.49. The van der Waals surface area contributed by atoms with E-state index in [9.17, 15) is 17.6 Å². The van der Waals surface area contributed by atoms with Crippen LogP contribution in [-0.2, 0) is 41.7 Å². The molecule has 0 unspecified atom stereocenters. The fraction of sp³-hybridized carbons (Fsp3) is 0. The third-order valence-electron chi connectivity index (χ3n) is 4.32. The third kappa shape index (κ3) is 8.55. The summed E-state index contributed by atoms with van der Waals surface area (Å²) in [7, 11) is 0. The van der Waals surface area contributed by atoms with Crippen molar-refractivity contribution in [2.75, 3.05) is 0 Å². The van der Waals surface area contributed by atoms with Gasteiger partial charge in [-0.3, -0.25) is 9.98 Å². The normalized spacial score (nSPS) is 10.6. The van der Waals surface area contributed by atoms with Crippen molar-refractivity contribution < 1.29 is 34.1 Å². The van der Waals surface area contributed by atoms with Gasteiger partial charge in [-0.1, -0.05) is 48.5 Å². The monoisotopic (exact) mass is 554 g/mol. The number of benzene rings is 4. The first-order chi connectivity index (χ1) is 16.3. The van der Waals surface area contributed by atoms with Crippen molar-refractivity contribution in [3.05, 3.63) is 119 Å². The van der Waals surface area contributed by atoms with Crippen LogP contribution < -0.4 is 0 Å². The second-order valence-corrected chi connectivity index (χ2v) is 7.68. The first-order valence-electron chi connectivity index (χ1n) is 9.84. The van der Waals surface area contributed by atoms with Crippen molar-refractivity contribution in [1.82, 2.24) is 0 Å².